The highest BCUT2D eigenvalue weighted by Crippen LogP contribution is 2.61. The van der Waals surface area contributed by atoms with Crippen molar-refractivity contribution in [2.45, 2.75) is 33.1 Å². The van der Waals surface area contributed by atoms with Crippen LogP contribution in [-0.2, 0) is 0 Å². The van der Waals surface area contributed by atoms with Crippen molar-refractivity contribution in [1.29, 1.82) is 0 Å². The van der Waals surface area contributed by atoms with E-state index in [2.05, 4.69) is 24.3 Å². The molecule has 3 aliphatic carbocycles. The van der Waals surface area contributed by atoms with E-state index < -0.39 is 0 Å². The van der Waals surface area contributed by atoms with E-state index in [0.29, 0.717) is 60.5 Å². The van der Waals surface area contributed by atoms with Crippen molar-refractivity contribution >= 4 is 73.4 Å². The highest BCUT2D eigenvalue weighted by atomic mass is 35.5. The Morgan fingerprint density at radius 2 is 2.09 bits per heavy atom. The maximum absolute atomic E-state index is 13.3. The molecule has 0 saturated heterocycles. The normalized spacial score (nSPS) is 23.7. The van der Waals surface area contributed by atoms with Gasteiger partial charge in [-0.3, -0.25) is 4.79 Å². The maximum Gasteiger partial charge on any atom is 0.275 e. The summed E-state index contributed by atoms with van der Waals surface area (Å²) in [7, 11) is 0. The molecule has 0 radical (unpaired) electrons. The second-order valence-electron chi connectivity index (χ2n) is 9.79. The highest BCUT2D eigenvalue weighted by molar-refractivity contribution is 7.23. The largest absolute Gasteiger partial charge is 0.451 e. The van der Waals surface area contributed by atoms with Crippen LogP contribution in [0.5, 0.6) is 0 Å². The van der Waals surface area contributed by atoms with Crippen LogP contribution >= 0.6 is 46.1 Å². The van der Waals surface area contributed by atoms with E-state index in [1.165, 1.54) is 24.2 Å². The van der Waals surface area contributed by atoms with Gasteiger partial charge in [-0.1, -0.05) is 48.7 Å². The van der Waals surface area contributed by atoms with Gasteiger partial charge in [-0.05, 0) is 60.6 Å². The second kappa shape index (κ2) is 7.64. The van der Waals surface area contributed by atoms with Gasteiger partial charge in [0.05, 0.1) is 15.0 Å². The van der Waals surface area contributed by atoms with Gasteiger partial charge in [-0.25, -0.2) is 4.68 Å². The summed E-state index contributed by atoms with van der Waals surface area (Å²) < 4.78 is 9.14. The number of carbonyl (C=O) groups is 1. The minimum Gasteiger partial charge on any atom is -0.451 e. The zero-order valence-electron chi connectivity index (χ0n) is 18.1. The molecule has 3 aromatic heterocycles. The summed E-state index contributed by atoms with van der Waals surface area (Å²) in [6.07, 6.45) is 3.68. The van der Waals surface area contributed by atoms with E-state index in [1.54, 1.807) is 28.9 Å². The van der Waals surface area contributed by atoms with Gasteiger partial charge < -0.3 is 9.73 Å². The van der Waals surface area contributed by atoms with Crippen molar-refractivity contribution in [3.8, 4) is 5.69 Å². The van der Waals surface area contributed by atoms with Gasteiger partial charge in [0.2, 0.25) is 0 Å². The molecule has 2 bridgehead atoms. The molecule has 1 aromatic carbocycles. The lowest BCUT2D eigenvalue weighted by atomic mass is 9.45. The number of fused-ring (bicyclic) bond motifs is 5. The molecule has 0 aliphatic heterocycles. The third-order valence-electron chi connectivity index (χ3n) is 7.82. The lowest BCUT2D eigenvalue weighted by Crippen LogP contribution is -2.54. The van der Waals surface area contributed by atoms with Gasteiger partial charge in [0.1, 0.15) is 15.8 Å². The van der Waals surface area contributed by atoms with Gasteiger partial charge in [0, 0.05) is 17.6 Å². The van der Waals surface area contributed by atoms with Crippen molar-refractivity contribution in [3.63, 3.8) is 0 Å². The van der Waals surface area contributed by atoms with Gasteiger partial charge in [-0.2, -0.15) is 5.10 Å². The molecule has 3 aliphatic rings. The number of hydrogen-bond acceptors (Lipinski definition) is 4. The average Bonchev–Trinajstić information content (AvgIpc) is 3.41. The fraction of sp³-hybridized carbons (Fsp3) is 0.417. The zero-order valence-corrected chi connectivity index (χ0v) is 21.2. The Labute approximate surface area is 210 Å². The number of rotatable bonds is 4. The van der Waals surface area contributed by atoms with Gasteiger partial charge in [0.15, 0.2) is 11.3 Å². The average molecular weight is 523 g/mol. The highest BCUT2D eigenvalue weighted by Gasteiger charge is 2.54. The van der Waals surface area contributed by atoms with E-state index in [9.17, 15) is 4.79 Å². The van der Waals surface area contributed by atoms with Crippen LogP contribution in [0, 0.1) is 23.2 Å². The molecule has 3 saturated carbocycles. The van der Waals surface area contributed by atoms with Crippen LogP contribution in [0.15, 0.2) is 28.7 Å². The van der Waals surface area contributed by atoms with Crippen LogP contribution in [0.3, 0.4) is 0 Å². The number of benzene rings is 1. The molecule has 172 valence electrons. The van der Waals surface area contributed by atoms with Gasteiger partial charge >= 0.3 is 0 Å². The molecular weight excluding hydrogens is 501 g/mol. The Hall–Kier alpha value is -1.73. The molecule has 3 heterocycles. The van der Waals surface area contributed by atoms with Crippen molar-refractivity contribution in [2.24, 2.45) is 23.2 Å². The Morgan fingerprint density at radius 1 is 1.27 bits per heavy atom. The number of nitrogens with one attached hydrogen (secondary N) is 1. The summed E-state index contributed by atoms with van der Waals surface area (Å²) in [5.41, 5.74) is 2.98. The molecule has 9 heteroatoms. The molecular formula is C24H22Cl3N3O2S. The third-order valence-corrected chi connectivity index (χ3v) is 9.61. The second-order valence-corrected chi connectivity index (χ2v) is 12.3. The standard InChI is InChI=1S/C24H22Cl3N3O2S/c1-24(2)12-4-3-11(14(24)7-12)10-28-23(31)19-21-20(22-17(32-21)9-18(27)33-22)30(29-19)16-6-5-13(25)8-15(16)26/h5-6,8-9,11-12,14H,3-4,7,10H2,1-2H3,(H,28,31). The number of nitrogens with zero attached hydrogens (tertiary/aromatic N) is 2. The lowest BCUT2D eigenvalue weighted by Gasteiger charge is -2.60. The Balaban J connectivity index is 1.37. The molecule has 4 aromatic rings. The molecule has 5 nitrogen and oxygen atoms in total. The van der Waals surface area contributed by atoms with E-state index >= 15 is 0 Å². The van der Waals surface area contributed by atoms with Crippen LogP contribution in [-0.4, -0.2) is 22.2 Å². The van der Waals surface area contributed by atoms with Crippen molar-refractivity contribution in [2.75, 3.05) is 6.54 Å². The fourth-order valence-corrected chi connectivity index (χ4v) is 7.54. The number of furan rings is 1. The van der Waals surface area contributed by atoms with Crippen LogP contribution < -0.4 is 5.32 Å². The number of thiophene rings is 1. The number of aromatic nitrogens is 2. The maximum atomic E-state index is 13.3. The first-order valence-corrected chi connectivity index (χ1v) is 13.0. The number of amides is 1. The summed E-state index contributed by atoms with van der Waals surface area (Å²) in [4.78, 5) is 13.3. The Kier molecular flexibility index (Phi) is 5.04. The van der Waals surface area contributed by atoms with E-state index in [1.807, 2.05) is 0 Å². The van der Waals surface area contributed by atoms with Crippen LogP contribution in [0.4, 0.5) is 0 Å². The molecule has 33 heavy (non-hydrogen) atoms. The van der Waals surface area contributed by atoms with E-state index in [4.69, 9.17) is 39.2 Å². The smallest absolute Gasteiger partial charge is 0.275 e. The zero-order chi connectivity index (χ0) is 23.1. The number of halogens is 3. The molecule has 7 rings (SSSR count). The first-order chi connectivity index (χ1) is 15.7. The quantitative estimate of drug-likeness (QED) is 0.300. The summed E-state index contributed by atoms with van der Waals surface area (Å²) in [5, 5.41) is 8.73. The monoisotopic (exact) mass is 521 g/mol. The third kappa shape index (κ3) is 3.33. The summed E-state index contributed by atoms with van der Waals surface area (Å²) in [6, 6.07) is 6.94. The SMILES string of the molecule is CC1(C)C2CCC(CNC(=O)c3nn(-c4ccc(Cl)cc4Cl)c4c3oc3cc(Cl)sc34)C1C2. The Bertz CT molecular complexity index is 1420. The van der Waals surface area contributed by atoms with E-state index in [-0.39, 0.29) is 11.6 Å². The van der Waals surface area contributed by atoms with Crippen LogP contribution in [0.1, 0.15) is 43.6 Å². The molecule has 3 unspecified atom stereocenters. The van der Waals surface area contributed by atoms with Gasteiger partial charge in [0.25, 0.3) is 5.91 Å². The molecule has 1 N–H and O–H groups in total. The van der Waals surface area contributed by atoms with Gasteiger partial charge in [-0.15, -0.1) is 11.3 Å². The minimum absolute atomic E-state index is 0.240. The summed E-state index contributed by atoms with van der Waals surface area (Å²) in [6.45, 7) is 5.37. The first kappa shape index (κ1) is 21.8. The lowest BCUT2D eigenvalue weighted by molar-refractivity contribution is -0.103. The molecule has 3 atom stereocenters. The van der Waals surface area contributed by atoms with Crippen LogP contribution in [0.2, 0.25) is 14.4 Å². The first-order valence-electron chi connectivity index (χ1n) is 11.1. The van der Waals surface area contributed by atoms with Crippen molar-refractivity contribution in [3.05, 3.63) is 44.3 Å². The van der Waals surface area contributed by atoms with Crippen LogP contribution in [0.25, 0.3) is 27.1 Å². The summed E-state index contributed by atoms with van der Waals surface area (Å²) >= 11 is 20.2. The minimum atomic E-state index is -0.240. The fourth-order valence-electron chi connectivity index (χ4n) is 5.89. The predicted octanol–water partition coefficient (Wildman–Crippen LogP) is 7.60. The molecule has 1 amide bonds. The van der Waals surface area contributed by atoms with Crippen molar-refractivity contribution in [1.82, 2.24) is 15.1 Å². The molecule has 3 fully saturated rings. The predicted molar refractivity (Wildman–Crippen MR) is 134 cm³/mol. The number of hydrogen-bond donors (Lipinski definition) is 1. The van der Waals surface area contributed by atoms with Crippen molar-refractivity contribution < 1.29 is 9.21 Å². The summed E-state index contributed by atoms with van der Waals surface area (Å²) in [5.74, 6) is 1.75. The number of carbonyl (C=O) groups excluding carboxylic acids is 1. The topological polar surface area (TPSA) is 60.1 Å². The Morgan fingerprint density at radius 3 is 2.82 bits per heavy atom. The van der Waals surface area contributed by atoms with E-state index in [0.717, 1.165) is 17.0 Å². The molecule has 0 spiro atoms.